The number of fused-ring (bicyclic) bond motifs is 4. The van der Waals surface area contributed by atoms with E-state index < -0.39 is 0 Å². The van der Waals surface area contributed by atoms with Crippen LogP contribution < -0.4 is 10.6 Å². The lowest BCUT2D eigenvalue weighted by molar-refractivity contribution is 0.0493. The molecule has 3 rings (SSSR count). The Morgan fingerprint density at radius 3 is 2.39 bits per heavy atom. The molecule has 3 aliphatic carbocycles. The maximum Gasteiger partial charge on any atom is 0.0145 e. The van der Waals surface area contributed by atoms with Crippen LogP contribution in [-0.4, -0.2) is 26.7 Å². The molecule has 3 saturated carbocycles. The summed E-state index contributed by atoms with van der Waals surface area (Å²) in [6.45, 7) is 8.17. The van der Waals surface area contributed by atoms with Crippen molar-refractivity contribution in [2.45, 2.75) is 46.1 Å². The van der Waals surface area contributed by atoms with Crippen molar-refractivity contribution in [2.75, 3.05) is 20.6 Å². The maximum absolute atomic E-state index is 3.59. The van der Waals surface area contributed by atoms with Crippen LogP contribution in [-0.2, 0) is 0 Å². The zero-order valence-corrected chi connectivity index (χ0v) is 12.7. The van der Waals surface area contributed by atoms with E-state index in [1.54, 1.807) is 11.1 Å². The molecule has 104 valence electrons. The van der Waals surface area contributed by atoms with Crippen molar-refractivity contribution in [2.24, 2.45) is 23.7 Å². The van der Waals surface area contributed by atoms with Crippen molar-refractivity contribution in [1.29, 1.82) is 0 Å². The predicted molar refractivity (Wildman–Crippen MR) is 78.6 cm³/mol. The van der Waals surface area contributed by atoms with Crippen LogP contribution in [0.4, 0.5) is 0 Å². The highest BCUT2D eigenvalue weighted by atomic mass is 14.9. The number of nitrogens with one attached hydrogen (secondary N) is 2. The van der Waals surface area contributed by atoms with Crippen molar-refractivity contribution in [3.8, 4) is 0 Å². The molecule has 5 atom stereocenters. The van der Waals surface area contributed by atoms with E-state index in [1.165, 1.54) is 19.3 Å². The summed E-state index contributed by atoms with van der Waals surface area (Å²) in [4.78, 5) is 0. The number of hydrogen-bond acceptors (Lipinski definition) is 2. The molecule has 0 aromatic carbocycles. The number of allylic oxidation sites excluding steroid dienone is 1. The van der Waals surface area contributed by atoms with Crippen LogP contribution in [0.25, 0.3) is 0 Å². The van der Waals surface area contributed by atoms with Crippen molar-refractivity contribution in [3.63, 3.8) is 0 Å². The van der Waals surface area contributed by atoms with Gasteiger partial charge in [-0.1, -0.05) is 18.1 Å². The standard InChI is InChI=1S/C16H30N2/c1-10(2)14-7-12-6-13(11(12)3)8-16(18-5)15(14)9-17-4/h11-13,15-18H,6-9H2,1-5H3. The van der Waals surface area contributed by atoms with Gasteiger partial charge in [-0.25, -0.2) is 0 Å². The van der Waals surface area contributed by atoms with Crippen molar-refractivity contribution >= 4 is 0 Å². The first-order valence-corrected chi connectivity index (χ1v) is 7.56. The fourth-order valence-electron chi connectivity index (χ4n) is 4.13. The van der Waals surface area contributed by atoms with Crippen molar-refractivity contribution < 1.29 is 0 Å². The van der Waals surface area contributed by atoms with E-state index >= 15 is 0 Å². The molecule has 0 spiro atoms. The summed E-state index contributed by atoms with van der Waals surface area (Å²) in [5.74, 6) is 3.54. The first kappa shape index (κ1) is 14.1. The normalized spacial score (nSPS) is 39.8. The molecule has 0 radical (unpaired) electrons. The lowest BCUT2D eigenvalue weighted by atomic mass is 9.57. The van der Waals surface area contributed by atoms with E-state index in [0.717, 1.165) is 24.3 Å². The molecule has 2 N–H and O–H groups in total. The SMILES string of the molecule is CNCC1C(=C(C)C)CC2CC(CC1NC)C2C. The summed E-state index contributed by atoms with van der Waals surface area (Å²) in [5.41, 5.74) is 3.27. The second-order valence-corrected chi connectivity index (χ2v) is 6.64. The predicted octanol–water partition coefficient (Wildman–Crippen LogP) is 2.81. The Balaban J connectivity index is 2.25. The van der Waals surface area contributed by atoms with E-state index in [2.05, 4.69) is 45.5 Å². The number of hydrogen-bond donors (Lipinski definition) is 2. The van der Waals surface area contributed by atoms with Crippen LogP contribution in [0.3, 0.4) is 0 Å². The van der Waals surface area contributed by atoms with Gasteiger partial charge in [0.15, 0.2) is 0 Å². The molecule has 3 aliphatic rings. The summed E-state index contributed by atoms with van der Waals surface area (Å²) in [6, 6.07) is 0.649. The minimum absolute atomic E-state index is 0.649. The molecule has 18 heavy (non-hydrogen) atoms. The topological polar surface area (TPSA) is 24.1 Å². The second kappa shape index (κ2) is 5.75. The van der Waals surface area contributed by atoms with Crippen molar-refractivity contribution in [1.82, 2.24) is 10.6 Å². The quantitative estimate of drug-likeness (QED) is 0.753. The van der Waals surface area contributed by atoms with Crippen molar-refractivity contribution in [3.05, 3.63) is 11.1 Å². The Morgan fingerprint density at radius 2 is 1.89 bits per heavy atom. The third-order valence-corrected chi connectivity index (χ3v) is 5.50. The Morgan fingerprint density at radius 1 is 1.17 bits per heavy atom. The van der Waals surface area contributed by atoms with E-state index in [1.807, 2.05) is 0 Å². The minimum Gasteiger partial charge on any atom is -0.319 e. The van der Waals surface area contributed by atoms with Crippen LogP contribution in [0.5, 0.6) is 0 Å². The second-order valence-electron chi connectivity index (χ2n) is 6.64. The van der Waals surface area contributed by atoms with Gasteiger partial charge in [0.25, 0.3) is 0 Å². The third kappa shape index (κ3) is 2.50. The van der Waals surface area contributed by atoms with Crippen LogP contribution in [0, 0.1) is 23.7 Å². The molecule has 0 aromatic rings. The zero-order valence-electron chi connectivity index (χ0n) is 12.7. The average Bonchev–Trinajstić information content (AvgIpc) is 2.31. The van der Waals surface area contributed by atoms with Crippen LogP contribution in [0.1, 0.15) is 40.0 Å². The average molecular weight is 250 g/mol. The molecule has 0 saturated heterocycles. The van der Waals surface area contributed by atoms with Gasteiger partial charge in [-0.3, -0.25) is 0 Å². The molecule has 0 aliphatic heterocycles. The Kier molecular flexibility index (Phi) is 4.50. The molecule has 3 fully saturated rings. The van der Waals surface area contributed by atoms with E-state index in [4.69, 9.17) is 0 Å². The van der Waals surface area contributed by atoms with E-state index in [9.17, 15) is 0 Å². The Bertz CT molecular complexity index is 317. The summed E-state index contributed by atoms with van der Waals surface area (Å²) in [5, 5.41) is 6.99. The Hall–Kier alpha value is -0.340. The van der Waals surface area contributed by atoms with E-state index in [-0.39, 0.29) is 0 Å². The first-order valence-electron chi connectivity index (χ1n) is 7.56. The van der Waals surface area contributed by atoms with Crippen LogP contribution in [0.2, 0.25) is 0 Å². The molecule has 0 heterocycles. The molecular weight excluding hydrogens is 220 g/mol. The van der Waals surface area contributed by atoms with Crippen LogP contribution in [0.15, 0.2) is 11.1 Å². The molecule has 2 nitrogen and oxygen atoms in total. The van der Waals surface area contributed by atoms with Gasteiger partial charge in [0.05, 0.1) is 0 Å². The van der Waals surface area contributed by atoms with Gasteiger partial charge in [0, 0.05) is 18.5 Å². The highest BCUT2D eigenvalue weighted by Gasteiger charge is 2.43. The van der Waals surface area contributed by atoms with Gasteiger partial charge in [-0.15, -0.1) is 0 Å². The highest BCUT2D eigenvalue weighted by Crippen LogP contribution is 2.50. The van der Waals surface area contributed by atoms with Gasteiger partial charge < -0.3 is 10.6 Å². The van der Waals surface area contributed by atoms with Crippen LogP contribution >= 0.6 is 0 Å². The summed E-state index contributed by atoms with van der Waals surface area (Å²) >= 11 is 0. The smallest absolute Gasteiger partial charge is 0.0145 e. The van der Waals surface area contributed by atoms with Gasteiger partial charge >= 0.3 is 0 Å². The fourth-order valence-corrected chi connectivity index (χ4v) is 4.13. The lowest BCUT2D eigenvalue weighted by Gasteiger charge is -2.50. The largest absolute Gasteiger partial charge is 0.319 e. The van der Waals surface area contributed by atoms with Gasteiger partial charge in [-0.2, -0.15) is 0 Å². The highest BCUT2D eigenvalue weighted by molar-refractivity contribution is 5.20. The van der Waals surface area contributed by atoms with Gasteiger partial charge in [0.1, 0.15) is 0 Å². The summed E-state index contributed by atoms with van der Waals surface area (Å²) in [6.07, 6.45) is 4.16. The molecular formula is C16H30N2. The molecule has 0 aromatic heterocycles. The van der Waals surface area contributed by atoms with Gasteiger partial charge in [0.2, 0.25) is 0 Å². The van der Waals surface area contributed by atoms with E-state index in [0.29, 0.717) is 12.0 Å². The Labute approximate surface area is 113 Å². The molecule has 0 amide bonds. The fraction of sp³-hybridized carbons (Fsp3) is 0.875. The maximum atomic E-state index is 3.59. The lowest BCUT2D eigenvalue weighted by Crippen LogP contribution is -2.48. The van der Waals surface area contributed by atoms with Gasteiger partial charge in [-0.05, 0) is 65.0 Å². The third-order valence-electron chi connectivity index (χ3n) is 5.50. The first-order chi connectivity index (χ1) is 8.58. The summed E-state index contributed by atoms with van der Waals surface area (Å²) in [7, 11) is 4.22. The summed E-state index contributed by atoms with van der Waals surface area (Å²) < 4.78 is 0. The minimum atomic E-state index is 0.649. The molecule has 5 unspecified atom stereocenters. The molecule has 2 heteroatoms. The zero-order chi connectivity index (χ0) is 13.3. The monoisotopic (exact) mass is 250 g/mol. The molecule has 2 bridgehead atoms. The number of rotatable bonds is 3.